The lowest BCUT2D eigenvalue weighted by molar-refractivity contribution is -0.118. The normalized spacial score (nSPS) is 10.2. The van der Waals surface area contributed by atoms with Crippen molar-refractivity contribution in [3.8, 4) is 5.75 Å². The van der Waals surface area contributed by atoms with Crippen LogP contribution < -0.4 is 15.8 Å². The minimum absolute atomic E-state index is 0.221. The van der Waals surface area contributed by atoms with Gasteiger partial charge in [-0.15, -0.1) is 0 Å². The highest BCUT2D eigenvalue weighted by Crippen LogP contribution is 2.28. The molecule has 2 aromatic carbocycles. The van der Waals surface area contributed by atoms with Gasteiger partial charge in [-0.05, 0) is 30.3 Å². The lowest BCUT2D eigenvalue weighted by Gasteiger charge is -2.10. The lowest BCUT2D eigenvalue weighted by Crippen LogP contribution is -2.20. The number of ether oxygens (including phenoxy) is 1. The molecule has 0 atom stereocenters. The van der Waals surface area contributed by atoms with Crippen LogP contribution in [0.2, 0.25) is 15.1 Å². The summed E-state index contributed by atoms with van der Waals surface area (Å²) in [5.41, 5.74) is 6.54. The molecule has 0 fully saturated rings. The van der Waals surface area contributed by atoms with Crippen LogP contribution >= 0.6 is 34.8 Å². The van der Waals surface area contributed by atoms with E-state index in [0.717, 1.165) is 0 Å². The van der Waals surface area contributed by atoms with E-state index in [4.69, 9.17) is 45.3 Å². The van der Waals surface area contributed by atoms with E-state index >= 15 is 0 Å². The smallest absolute Gasteiger partial charge is 0.262 e. The first-order valence-electron chi connectivity index (χ1n) is 5.88. The van der Waals surface area contributed by atoms with Crippen LogP contribution in [0.4, 0.5) is 11.4 Å². The summed E-state index contributed by atoms with van der Waals surface area (Å²) < 4.78 is 5.32. The van der Waals surface area contributed by atoms with Crippen molar-refractivity contribution in [3.63, 3.8) is 0 Å². The number of rotatable bonds is 4. The Labute approximate surface area is 136 Å². The van der Waals surface area contributed by atoms with Crippen molar-refractivity contribution in [1.82, 2.24) is 0 Å². The van der Waals surface area contributed by atoms with Crippen molar-refractivity contribution in [1.29, 1.82) is 0 Å². The van der Waals surface area contributed by atoms with Gasteiger partial charge in [0, 0.05) is 16.8 Å². The molecule has 0 aromatic heterocycles. The molecule has 21 heavy (non-hydrogen) atoms. The molecule has 0 unspecified atom stereocenters. The SMILES string of the molecule is Nc1ccc(NC(=O)COc2cc(Cl)ccc2Cl)c(Cl)c1. The van der Waals surface area contributed by atoms with E-state index in [0.29, 0.717) is 32.2 Å². The monoisotopic (exact) mass is 344 g/mol. The number of hydrogen-bond acceptors (Lipinski definition) is 3. The second-order valence-corrected chi connectivity index (χ2v) is 5.40. The molecule has 0 aliphatic rings. The highest BCUT2D eigenvalue weighted by Gasteiger charge is 2.09. The van der Waals surface area contributed by atoms with Crippen LogP contribution in [0, 0.1) is 0 Å². The van der Waals surface area contributed by atoms with Crippen molar-refractivity contribution >= 4 is 52.1 Å². The number of nitrogens with one attached hydrogen (secondary N) is 1. The molecule has 4 nitrogen and oxygen atoms in total. The van der Waals surface area contributed by atoms with Gasteiger partial charge in [-0.3, -0.25) is 4.79 Å². The van der Waals surface area contributed by atoms with Gasteiger partial charge in [0.25, 0.3) is 5.91 Å². The van der Waals surface area contributed by atoms with E-state index in [-0.39, 0.29) is 12.5 Å². The Morgan fingerprint density at radius 2 is 1.86 bits per heavy atom. The Morgan fingerprint density at radius 3 is 2.57 bits per heavy atom. The summed E-state index contributed by atoms with van der Waals surface area (Å²) in [4.78, 5) is 11.8. The third-order valence-corrected chi connectivity index (χ3v) is 3.38. The zero-order valence-corrected chi connectivity index (χ0v) is 13.0. The van der Waals surface area contributed by atoms with Gasteiger partial charge < -0.3 is 15.8 Å². The number of carbonyl (C=O) groups is 1. The summed E-state index contributed by atoms with van der Waals surface area (Å²) in [6, 6.07) is 9.55. The molecule has 7 heteroatoms. The standard InChI is InChI=1S/C14H11Cl3N2O2/c15-8-1-3-10(16)13(5-8)21-7-14(20)19-12-4-2-9(18)6-11(12)17/h1-6H,7,18H2,(H,19,20). The zero-order valence-electron chi connectivity index (χ0n) is 10.7. The molecule has 0 spiro atoms. The van der Waals surface area contributed by atoms with Gasteiger partial charge in [0.05, 0.1) is 15.7 Å². The molecule has 2 rings (SSSR count). The summed E-state index contributed by atoms with van der Waals surface area (Å²) in [7, 11) is 0. The van der Waals surface area contributed by atoms with E-state index in [2.05, 4.69) is 5.32 Å². The summed E-state index contributed by atoms with van der Waals surface area (Å²) in [5.74, 6) is -0.0413. The topological polar surface area (TPSA) is 64.3 Å². The van der Waals surface area contributed by atoms with Crippen molar-refractivity contribution in [3.05, 3.63) is 51.5 Å². The average molecular weight is 346 g/mol. The summed E-state index contributed by atoms with van der Waals surface area (Å²) >= 11 is 17.7. The Hall–Kier alpha value is -1.62. The number of benzene rings is 2. The second kappa shape index (κ2) is 6.89. The minimum atomic E-state index is -0.377. The maximum Gasteiger partial charge on any atom is 0.262 e. The molecule has 0 saturated carbocycles. The van der Waals surface area contributed by atoms with Crippen LogP contribution in [0.1, 0.15) is 0 Å². The first-order chi connectivity index (χ1) is 9.95. The van der Waals surface area contributed by atoms with Crippen LogP contribution in [0.5, 0.6) is 5.75 Å². The number of amides is 1. The highest BCUT2D eigenvalue weighted by atomic mass is 35.5. The van der Waals surface area contributed by atoms with Gasteiger partial charge in [0.15, 0.2) is 6.61 Å². The van der Waals surface area contributed by atoms with Gasteiger partial charge in [-0.25, -0.2) is 0 Å². The average Bonchev–Trinajstić information content (AvgIpc) is 2.43. The maximum atomic E-state index is 11.8. The fourth-order valence-electron chi connectivity index (χ4n) is 1.55. The third-order valence-electron chi connectivity index (χ3n) is 2.52. The fourth-order valence-corrected chi connectivity index (χ4v) is 2.12. The molecule has 0 aliphatic carbocycles. The molecular weight excluding hydrogens is 335 g/mol. The van der Waals surface area contributed by atoms with E-state index in [1.807, 2.05) is 0 Å². The first-order valence-corrected chi connectivity index (χ1v) is 7.02. The van der Waals surface area contributed by atoms with Gasteiger partial charge in [-0.2, -0.15) is 0 Å². The zero-order chi connectivity index (χ0) is 15.4. The predicted octanol–water partition coefficient (Wildman–Crippen LogP) is 4.25. The van der Waals surface area contributed by atoms with E-state index in [9.17, 15) is 4.79 Å². The molecule has 0 bridgehead atoms. The van der Waals surface area contributed by atoms with Gasteiger partial charge in [0.1, 0.15) is 5.75 Å². The molecule has 0 saturated heterocycles. The van der Waals surface area contributed by atoms with Crippen molar-refractivity contribution in [2.75, 3.05) is 17.7 Å². The Balaban J connectivity index is 1.97. The summed E-state index contributed by atoms with van der Waals surface area (Å²) in [6.45, 7) is -0.221. The van der Waals surface area contributed by atoms with Crippen LogP contribution in [0.3, 0.4) is 0 Å². The first kappa shape index (κ1) is 15.8. The van der Waals surface area contributed by atoms with Crippen LogP contribution in [-0.2, 0) is 4.79 Å². The molecule has 0 radical (unpaired) electrons. The van der Waals surface area contributed by atoms with Crippen molar-refractivity contribution in [2.45, 2.75) is 0 Å². The lowest BCUT2D eigenvalue weighted by atomic mass is 10.3. The fraction of sp³-hybridized carbons (Fsp3) is 0.0714. The molecule has 0 heterocycles. The van der Waals surface area contributed by atoms with Gasteiger partial charge >= 0.3 is 0 Å². The number of nitrogen functional groups attached to an aromatic ring is 1. The van der Waals surface area contributed by atoms with Crippen LogP contribution in [0.25, 0.3) is 0 Å². The van der Waals surface area contributed by atoms with E-state index in [1.54, 1.807) is 30.3 Å². The summed E-state index contributed by atoms with van der Waals surface area (Å²) in [6.07, 6.45) is 0. The van der Waals surface area contributed by atoms with Gasteiger partial charge in [-0.1, -0.05) is 34.8 Å². The quantitative estimate of drug-likeness (QED) is 0.814. The maximum absolute atomic E-state index is 11.8. The van der Waals surface area contributed by atoms with Crippen molar-refractivity contribution < 1.29 is 9.53 Å². The number of hydrogen-bond donors (Lipinski definition) is 2. The van der Waals surface area contributed by atoms with Crippen molar-refractivity contribution in [2.24, 2.45) is 0 Å². The molecule has 110 valence electrons. The molecule has 0 aliphatic heterocycles. The van der Waals surface area contributed by atoms with Gasteiger partial charge in [0.2, 0.25) is 0 Å². The highest BCUT2D eigenvalue weighted by molar-refractivity contribution is 6.34. The molecular formula is C14H11Cl3N2O2. The molecule has 3 N–H and O–H groups in total. The van der Waals surface area contributed by atoms with Crippen LogP contribution in [-0.4, -0.2) is 12.5 Å². The number of carbonyl (C=O) groups excluding carboxylic acids is 1. The predicted molar refractivity (Wildman–Crippen MR) is 86.5 cm³/mol. The summed E-state index contributed by atoms with van der Waals surface area (Å²) in [5, 5.41) is 3.81. The Morgan fingerprint density at radius 1 is 1.10 bits per heavy atom. The largest absolute Gasteiger partial charge is 0.482 e. The van der Waals surface area contributed by atoms with E-state index in [1.165, 1.54) is 6.07 Å². The Kier molecular flexibility index (Phi) is 5.17. The Bertz CT molecular complexity index is 677. The third kappa shape index (κ3) is 4.43. The molecule has 2 aromatic rings. The number of nitrogens with two attached hydrogens (primary N) is 1. The number of anilines is 2. The second-order valence-electron chi connectivity index (χ2n) is 4.15. The van der Waals surface area contributed by atoms with Crippen LogP contribution in [0.15, 0.2) is 36.4 Å². The molecule has 1 amide bonds. The van der Waals surface area contributed by atoms with E-state index < -0.39 is 0 Å². The number of halogens is 3. The minimum Gasteiger partial charge on any atom is -0.482 e.